The first-order valence-corrected chi connectivity index (χ1v) is 5.60. The lowest BCUT2D eigenvalue weighted by Gasteiger charge is -2.06. The molecule has 0 saturated carbocycles. The average molecular weight is 261 g/mol. The first kappa shape index (κ1) is 12.9. The van der Waals surface area contributed by atoms with Crippen LogP contribution in [-0.4, -0.2) is 16.4 Å². The molecule has 0 unspecified atom stereocenters. The van der Waals surface area contributed by atoms with Gasteiger partial charge in [-0.3, -0.25) is 4.79 Å². The van der Waals surface area contributed by atoms with Crippen molar-refractivity contribution in [3.8, 4) is 6.01 Å². The van der Waals surface area contributed by atoms with Crippen molar-refractivity contribution >= 4 is 12.2 Å². The Kier molecular flexibility index (Phi) is 4.02. The van der Waals surface area contributed by atoms with Crippen molar-refractivity contribution in [2.75, 3.05) is 5.32 Å². The second-order valence-electron chi connectivity index (χ2n) is 3.89. The van der Waals surface area contributed by atoms with Gasteiger partial charge in [0.1, 0.15) is 6.61 Å². The molecule has 0 atom stereocenters. The zero-order valence-electron chi connectivity index (χ0n) is 10.3. The van der Waals surface area contributed by atoms with Gasteiger partial charge in [0.05, 0.1) is 6.20 Å². The van der Waals surface area contributed by atoms with Gasteiger partial charge in [0.15, 0.2) is 11.6 Å². The van der Waals surface area contributed by atoms with E-state index in [1.807, 2.05) is 31.2 Å². The number of anilines is 1. The molecule has 0 aliphatic rings. The third-order valence-electron chi connectivity index (χ3n) is 2.41. The number of rotatable bonds is 5. The fourth-order valence-electron chi connectivity index (χ4n) is 1.41. The second-order valence-corrected chi connectivity index (χ2v) is 3.89. The van der Waals surface area contributed by atoms with Crippen molar-refractivity contribution in [1.29, 1.82) is 0 Å². The molecular weight excluding hydrogens is 249 g/mol. The Labute approximate surface area is 109 Å². The summed E-state index contributed by atoms with van der Waals surface area (Å²) >= 11 is 0. The molecule has 2 rings (SSSR count). The molecule has 19 heavy (non-hydrogen) atoms. The van der Waals surface area contributed by atoms with Crippen LogP contribution in [0, 0.1) is 12.7 Å². The maximum absolute atomic E-state index is 13.2. The van der Waals surface area contributed by atoms with Crippen LogP contribution in [0.1, 0.15) is 11.1 Å². The second kappa shape index (κ2) is 5.90. The van der Waals surface area contributed by atoms with E-state index in [0.29, 0.717) is 6.41 Å². The number of hydrogen-bond donors (Lipinski definition) is 1. The number of ether oxygens (including phenoxy) is 1. The van der Waals surface area contributed by atoms with Crippen molar-refractivity contribution in [3.63, 3.8) is 0 Å². The molecule has 2 aromatic rings. The summed E-state index contributed by atoms with van der Waals surface area (Å²) in [5.41, 5.74) is 2.10. The minimum Gasteiger partial charge on any atom is -0.459 e. The Morgan fingerprint density at radius 3 is 2.79 bits per heavy atom. The SMILES string of the molecule is Cc1ccc(COc2ncc(F)c(NC=O)n2)cc1. The van der Waals surface area contributed by atoms with E-state index in [-0.39, 0.29) is 18.4 Å². The zero-order valence-corrected chi connectivity index (χ0v) is 10.3. The van der Waals surface area contributed by atoms with Gasteiger partial charge in [0.25, 0.3) is 0 Å². The predicted octanol–water partition coefficient (Wildman–Crippen LogP) is 2.07. The number of carbonyl (C=O) groups excluding carboxylic acids is 1. The van der Waals surface area contributed by atoms with Gasteiger partial charge in [-0.15, -0.1) is 0 Å². The summed E-state index contributed by atoms with van der Waals surface area (Å²) in [7, 11) is 0. The third kappa shape index (κ3) is 3.48. The molecule has 1 aromatic carbocycles. The number of aryl methyl sites for hydroxylation is 1. The lowest BCUT2D eigenvalue weighted by atomic mass is 10.2. The highest BCUT2D eigenvalue weighted by Crippen LogP contribution is 2.14. The number of aromatic nitrogens is 2. The molecular formula is C13H12FN3O2. The summed E-state index contributed by atoms with van der Waals surface area (Å²) in [6.07, 6.45) is 1.29. The minimum atomic E-state index is -0.713. The molecule has 98 valence electrons. The summed E-state index contributed by atoms with van der Waals surface area (Å²) in [5, 5.41) is 2.14. The standard InChI is InChI=1S/C13H12FN3O2/c1-9-2-4-10(5-3-9)7-19-13-15-6-11(14)12(17-13)16-8-18/h2-6,8H,7H2,1H3,(H,15,16,17,18). The van der Waals surface area contributed by atoms with Crippen molar-refractivity contribution < 1.29 is 13.9 Å². The van der Waals surface area contributed by atoms with Crippen LogP contribution < -0.4 is 10.1 Å². The highest BCUT2D eigenvalue weighted by Gasteiger charge is 2.07. The highest BCUT2D eigenvalue weighted by molar-refractivity contribution is 5.68. The molecule has 5 nitrogen and oxygen atoms in total. The lowest BCUT2D eigenvalue weighted by molar-refractivity contribution is -0.105. The molecule has 1 heterocycles. The van der Waals surface area contributed by atoms with Gasteiger partial charge in [-0.05, 0) is 12.5 Å². The van der Waals surface area contributed by atoms with E-state index in [2.05, 4.69) is 15.3 Å². The quantitative estimate of drug-likeness (QED) is 0.837. The first-order valence-electron chi connectivity index (χ1n) is 5.60. The van der Waals surface area contributed by atoms with Crippen LogP contribution in [0.3, 0.4) is 0 Å². The first-order chi connectivity index (χ1) is 9.19. The maximum atomic E-state index is 13.2. The molecule has 0 radical (unpaired) electrons. The molecule has 0 saturated heterocycles. The van der Waals surface area contributed by atoms with Gasteiger partial charge in [-0.1, -0.05) is 29.8 Å². The fourth-order valence-corrected chi connectivity index (χ4v) is 1.41. The Balaban J connectivity index is 2.05. The molecule has 1 aromatic heterocycles. The van der Waals surface area contributed by atoms with E-state index in [4.69, 9.17) is 4.74 Å². The number of hydrogen-bond acceptors (Lipinski definition) is 4. The van der Waals surface area contributed by atoms with Crippen LogP contribution in [0.5, 0.6) is 6.01 Å². The molecule has 0 bridgehead atoms. The van der Waals surface area contributed by atoms with Crippen molar-refractivity contribution in [1.82, 2.24) is 9.97 Å². The summed E-state index contributed by atoms with van der Waals surface area (Å²) in [5.74, 6) is -0.918. The Bertz CT molecular complexity index is 573. The largest absolute Gasteiger partial charge is 0.459 e. The van der Waals surface area contributed by atoms with Crippen molar-refractivity contribution in [2.24, 2.45) is 0 Å². The predicted molar refractivity (Wildman–Crippen MR) is 67.2 cm³/mol. The summed E-state index contributed by atoms with van der Waals surface area (Å²) in [6, 6.07) is 7.77. The summed E-state index contributed by atoms with van der Waals surface area (Å²) < 4.78 is 18.5. The topological polar surface area (TPSA) is 64.1 Å². The molecule has 1 amide bonds. The van der Waals surface area contributed by atoms with Gasteiger partial charge in [-0.25, -0.2) is 9.37 Å². The Morgan fingerprint density at radius 2 is 2.11 bits per heavy atom. The molecule has 0 fully saturated rings. The average Bonchev–Trinajstić information content (AvgIpc) is 2.42. The van der Waals surface area contributed by atoms with Crippen LogP contribution in [0.25, 0.3) is 0 Å². The number of benzene rings is 1. The van der Waals surface area contributed by atoms with Crippen molar-refractivity contribution in [2.45, 2.75) is 13.5 Å². The van der Waals surface area contributed by atoms with Gasteiger partial charge in [0.2, 0.25) is 6.41 Å². The molecule has 0 aliphatic carbocycles. The van der Waals surface area contributed by atoms with E-state index in [0.717, 1.165) is 17.3 Å². The van der Waals surface area contributed by atoms with E-state index >= 15 is 0 Å². The highest BCUT2D eigenvalue weighted by atomic mass is 19.1. The zero-order chi connectivity index (χ0) is 13.7. The van der Waals surface area contributed by atoms with Crippen LogP contribution >= 0.6 is 0 Å². The number of amides is 1. The number of nitrogens with one attached hydrogen (secondary N) is 1. The van der Waals surface area contributed by atoms with E-state index < -0.39 is 5.82 Å². The number of halogens is 1. The third-order valence-corrected chi connectivity index (χ3v) is 2.41. The maximum Gasteiger partial charge on any atom is 0.318 e. The fraction of sp³-hybridized carbons (Fsp3) is 0.154. The van der Waals surface area contributed by atoms with Gasteiger partial charge < -0.3 is 10.1 Å². The number of nitrogens with zero attached hydrogens (tertiary/aromatic N) is 2. The summed E-state index contributed by atoms with van der Waals surface area (Å²) in [4.78, 5) is 17.7. The Morgan fingerprint density at radius 1 is 1.37 bits per heavy atom. The summed E-state index contributed by atoms with van der Waals surface area (Å²) in [6.45, 7) is 2.26. The Hall–Kier alpha value is -2.50. The van der Waals surface area contributed by atoms with Crippen LogP contribution in [0.4, 0.5) is 10.2 Å². The molecule has 0 spiro atoms. The van der Waals surface area contributed by atoms with Gasteiger partial charge in [0, 0.05) is 0 Å². The lowest BCUT2D eigenvalue weighted by Crippen LogP contribution is -2.05. The molecule has 1 N–H and O–H groups in total. The smallest absolute Gasteiger partial charge is 0.318 e. The minimum absolute atomic E-state index is 0.00586. The van der Waals surface area contributed by atoms with Gasteiger partial charge in [-0.2, -0.15) is 4.98 Å². The van der Waals surface area contributed by atoms with Crippen molar-refractivity contribution in [3.05, 3.63) is 47.4 Å². The number of carbonyl (C=O) groups is 1. The van der Waals surface area contributed by atoms with E-state index in [1.54, 1.807) is 0 Å². The van der Waals surface area contributed by atoms with Crippen LogP contribution in [-0.2, 0) is 11.4 Å². The van der Waals surface area contributed by atoms with E-state index in [1.165, 1.54) is 0 Å². The van der Waals surface area contributed by atoms with Gasteiger partial charge >= 0.3 is 6.01 Å². The van der Waals surface area contributed by atoms with Crippen LogP contribution in [0.15, 0.2) is 30.5 Å². The molecule has 0 aliphatic heterocycles. The molecule has 6 heteroatoms. The van der Waals surface area contributed by atoms with E-state index in [9.17, 15) is 9.18 Å². The monoisotopic (exact) mass is 261 g/mol. The van der Waals surface area contributed by atoms with Crippen LogP contribution in [0.2, 0.25) is 0 Å². The normalized spacial score (nSPS) is 10.0.